The minimum Gasteiger partial charge on any atom is -0.481 e. The third-order valence-electron chi connectivity index (χ3n) is 1.08. The van der Waals surface area contributed by atoms with Gasteiger partial charge in [0.2, 0.25) is 0 Å². The Balaban J connectivity index is 4.18. The summed E-state index contributed by atoms with van der Waals surface area (Å²) >= 11 is 0. The highest BCUT2D eigenvalue weighted by Crippen LogP contribution is 2.34. The molecular weight excluding hydrogens is 219 g/mol. The van der Waals surface area contributed by atoms with Gasteiger partial charge in [-0.2, -0.15) is 0 Å². The first-order valence-electron chi connectivity index (χ1n) is 3.33. The van der Waals surface area contributed by atoms with Crippen LogP contribution in [0.3, 0.4) is 0 Å². The molecule has 0 aromatic heterocycles. The van der Waals surface area contributed by atoms with Crippen LogP contribution in [0, 0.1) is 0 Å². The van der Waals surface area contributed by atoms with E-state index in [9.17, 15) is 14.2 Å². The minimum absolute atomic E-state index is 0.852. The first kappa shape index (κ1) is 13.1. The van der Waals surface area contributed by atoms with Crippen molar-refractivity contribution in [2.45, 2.75) is 12.5 Å². The lowest BCUT2D eigenvalue weighted by Gasteiger charge is -2.11. The van der Waals surface area contributed by atoms with Crippen molar-refractivity contribution in [3.05, 3.63) is 0 Å². The molecule has 0 aliphatic rings. The Morgan fingerprint density at radius 3 is 2.07 bits per heavy atom. The molecule has 8 nitrogen and oxygen atoms in total. The minimum atomic E-state index is -4.48. The fourth-order valence-corrected chi connectivity index (χ4v) is 0.937. The summed E-state index contributed by atoms with van der Waals surface area (Å²) in [5, 5.41) is 16.6. The van der Waals surface area contributed by atoms with Gasteiger partial charge in [-0.1, -0.05) is 0 Å². The smallest absolute Gasteiger partial charge is 0.351 e. The molecule has 0 amide bonds. The summed E-state index contributed by atoms with van der Waals surface area (Å²) in [6.07, 6.45) is -3.72. The zero-order valence-corrected chi connectivity index (χ0v) is 7.76. The number of carboxylic acids is 2. The Kier molecular flexibility index (Phi) is 4.72. The highest BCUT2D eigenvalue weighted by atomic mass is 31.2. The van der Waals surface area contributed by atoms with Crippen molar-refractivity contribution in [3.8, 4) is 0 Å². The average molecular weight is 228 g/mol. The maximum Gasteiger partial charge on any atom is 0.351 e. The summed E-state index contributed by atoms with van der Waals surface area (Å²) in [5.74, 6) is -3.01. The SMILES string of the molecule is O=C(O)CC(OCP(=O)(O)O)C(=O)O. The van der Waals surface area contributed by atoms with Crippen LogP contribution >= 0.6 is 7.60 Å². The van der Waals surface area contributed by atoms with Crippen LogP contribution in [-0.4, -0.2) is 44.4 Å². The second-order valence-electron chi connectivity index (χ2n) is 2.39. The predicted octanol–water partition coefficient (Wildman–Crippen LogP) is -0.934. The summed E-state index contributed by atoms with van der Waals surface area (Å²) in [7, 11) is -4.48. The highest BCUT2D eigenvalue weighted by molar-refractivity contribution is 7.51. The van der Waals surface area contributed by atoms with Crippen LogP contribution in [0.2, 0.25) is 0 Å². The van der Waals surface area contributed by atoms with Crippen molar-refractivity contribution < 1.29 is 38.9 Å². The van der Waals surface area contributed by atoms with Crippen LogP contribution in [0.15, 0.2) is 0 Å². The Labute approximate surface area is 78.3 Å². The number of hydrogen-bond acceptors (Lipinski definition) is 4. The van der Waals surface area contributed by atoms with Crippen LogP contribution in [0.5, 0.6) is 0 Å². The van der Waals surface area contributed by atoms with Gasteiger partial charge < -0.3 is 24.7 Å². The van der Waals surface area contributed by atoms with Gasteiger partial charge in [0.05, 0.1) is 6.42 Å². The first-order valence-corrected chi connectivity index (χ1v) is 5.13. The molecule has 1 atom stereocenters. The molecule has 14 heavy (non-hydrogen) atoms. The van der Waals surface area contributed by atoms with E-state index in [2.05, 4.69) is 4.74 Å². The lowest BCUT2D eigenvalue weighted by molar-refractivity contribution is -0.155. The van der Waals surface area contributed by atoms with Crippen molar-refractivity contribution in [2.24, 2.45) is 0 Å². The zero-order valence-electron chi connectivity index (χ0n) is 6.86. The fourth-order valence-electron chi connectivity index (χ4n) is 0.563. The molecule has 0 saturated heterocycles. The summed E-state index contributed by atoms with van der Waals surface area (Å²) in [4.78, 5) is 37.1. The van der Waals surface area contributed by atoms with Crippen LogP contribution in [0.4, 0.5) is 0 Å². The van der Waals surface area contributed by atoms with E-state index in [1.54, 1.807) is 0 Å². The molecule has 0 spiro atoms. The average Bonchev–Trinajstić information content (AvgIpc) is 1.94. The molecular formula is C5H9O8P. The highest BCUT2D eigenvalue weighted by Gasteiger charge is 2.25. The molecule has 0 bridgehead atoms. The van der Waals surface area contributed by atoms with Crippen molar-refractivity contribution in [1.82, 2.24) is 0 Å². The van der Waals surface area contributed by atoms with Crippen molar-refractivity contribution in [1.29, 1.82) is 0 Å². The third-order valence-corrected chi connectivity index (χ3v) is 1.56. The number of carbonyl (C=O) groups is 2. The van der Waals surface area contributed by atoms with E-state index >= 15 is 0 Å². The molecule has 0 rings (SSSR count). The molecule has 9 heteroatoms. The van der Waals surface area contributed by atoms with Gasteiger partial charge >= 0.3 is 19.5 Å². The number of rotatable bonds is 6. The maximum atomic E-state index is 10.3. The lowest BCUT2D eigenvalue weighted by Crippen LogP contribution is -2.27. The predicted molar refractivity (Wildman–Crippen MR) is 41.7 cm³/mol. The van der Waals surface area contributed by atoms with Gasteiger partial charge in [-0.3, -0.25) is 9.36 Å². The Morgan fingerprint density at radius 1 is 1.29 bits per heavy atom. The Bertz CT molecular complexity index is 267. The van der Waals surface area contributed by atoms with E-state index in [-0.39, 0.29) is 0 Å². The van der Waals surface area contributed by atoms with Crippen LogP contribution in [0.1, 0.15) is 6.42 Å². The lowest BCUT2D eigenvalue weighted by atomic mass is 10.2. The molecule has 0 aromatic rings. The molecule has 0 radical (unpaired) electrons. The van der Waals surface area contributed by atoms with Gasteiger partial charge in [-0.15, -0.1) is 0 Å². The van der Waals surface area contributed by atoms with E-state index in [1.807, 2.05) is 0 Å². The molecule has 0 aliphatic carbocycles. The summed E-state index contributed by atoms with van der Waals surface area (Å²) in [5.41, 5.74) is 0. The monoisotopic (exact) mass is 228 g/mol. The first-order chi connectivity index (χ1) is 6.22. The molecule has 0 fully saturated rings. The van der Waals surface area contributed by atoms with Crippen molar-refractivity contribution >= 4 is 19.5 Å². The largest absolute Gasteiger partial charge is 0.481 e. The molecule has 4 N–H and O–H groups in total. The number of ether oxygens (including phenoxy) is 1. The second-order valence-corrected chi connectivity index (χ2v) is 3.97. The number of carboxylic acid groups (broad SMARTS) is 2. The van der Waals surface area contributed by atoms with E-state index in [0.29, 0.717) is 0 Å². The van der Waals surface area contributed by atoms with Crippen molar-refractivity contribution in [3.63, 3.8) is 0 Å². The fraction of sp³-hybridized carbons (Fsp3) is 0.600. The molecule has 0 saturated carbocycles. The molecule has 0 aromatic carbocycles. The van der Waals surface area contributed by atoms with E-state index in [0.717, 1.165) is 0 Å². The van der Waals surface area contributed by atoms with E-state index < -0.39 is 38.4 Å². The van der Waals surface area contributed by atoms with Gasteiger partial charge in [-0.25, -0.2) is 4.79 Å². The van der Waals surface area contributed by atoms with E-state index in [4.69, 9.17) is 20.0 Å². The standard InChI is InChI=1S/C5H9O8P/c6-4(7)1-3(5(8)9)13-2-14(10,11)12/h3H,1-2H2,(H,6,7)(H,8,9)(H2,10,11,12). The third kappa shape index (κ3) is 6.55. The molecule has 0 heterocycles. The summed E-state index contributed by atoms with van der Waals surface area (Å²) in [6, 6.07) is 0. The molecule has 1 unspecified atom stereocenters. The number of hydrogen-bond donors (Lipinski definition) is 4. The van der Waals surface area contributed by atoms with Gasteiger partial charge in [0.1, 0.15) is 6.35 Å². The summed E-state index contributed by atoms with van der Waals surface area (Å²) in [6.45, 7) is 0. The summed E-state index contributed by atoms with van der Waals surface area (Å²) < 4.78 is 14.5. The van der Waals surface area contributed by atoms with Crippen LogP contribution < -0.4 is 0 Å². The van der Waals surface area contributed by atoms with Gasteiger partial charge in [0, 0.05) is 0 Å². The van der Waals surface area contributed by atoms with Gasteiger partial charge in [-0.05, 0) is 0 Å². The maximum absolute atomic E-state index is 10.3. The van der Waals surface area contributed by atoms with E-state index in [1.165, 1.54) is 0 Å². The topological polar surface area (TPSA) is 141 Å². The second kappa shape index (κ2) is 5.06. The quantitative estimate of drug-likeness (QED) is 0.427. The number of aliphatic carboxylic acids is 2. The zero-order chi connectivity index (χ0) is 11.4. The normalized spacial score (nSPS) is 13.6. The molecule has 0 aliphatic heterocycles. The van der Waals surface area contributed by atoms with Crippen LogP contribution in [0.25, 0.3) is 0 Å². The molecule has 82 valence electrons. The van der Waals surface area contributed by atoms with Gasteiger partial charge in [0.15, 0.2) is 6.10 Å². The van der Waals surface area contributed by atoms with Gasteiger partial charge in [0.25, 0.3) is 0 Å². The Morgan fingerprint density at radius 2 is 1.79 bits per heavy atom. The Hall–Kier alpha value is -0.950. The van der Waals surface area contributed by atoms with Crippen molar-refractivity contribution in [2.75, 3.05) is 6.35 Å². The van der Waals surface area contributed by atoms with Crippen LogP contribution in [-0.2, 0) is 18.9 Å².